The Bertz CT molecular complexity index is 1790. The second-order valence-corrected chi connectivity index (χ2v) is 13.9. The van der Waals surface area contributed by atoms with Crippen LogP contribution >= 0.6 is 11.3 Å². The number of anilines is 3. The summed E-state index contributed by atoms with van der Waals surface area (Å²) < 4.78 is 15.7. The lowest BCUT2D eigenvalue weighted by Crippen LogP contribution is -2.39. The molecule has 2 aliphatic rings. The lowest BCUT2D eigenvalue weighted by atomic mass is 10.1. The van der Waals surface area contributed by atoms with E-state index in [1.54, 1.807) is 16.3 Å². The number of nitrogens with one attached hydrogen (secondary N) is 2. The monoisotopic (exact) mass is 611 g/mol. The van der Waals surface area contributed by atoms with Gasteiger partial charge in [-0.15, -0.1) is 0 Å². The van der Waals surface area contributed by atoms with Gasteiger partial charge in [-0.1, -0.05) is 29.5 Å². The summed E-state index contributed by atoms with van der Waals surface area (Å²) in [7, 11) is 2.16. The summed E-state index contributed by atoms with van der Waals surface area (Å²) in [6.07, 6.45) is 6.15. The molecule has 1 saturated carbocycles. The number of pyridine rings is 1. The van der Waals surface area contributed by atoms with E-state index in [0.29, 0.717) is 32.4 Å². The number of rotatable bonds is 9. The average Bonchev–Trinajstić information content (AvgIpc) is 3.77. The number of piperidine rings is 1. The first-order valence-electron chi connectivity index (χ1n) is 14.6. The second-order valence-electron chi connectivity index (χ2n) is 11.4. The molecule has 7 rings (SSSR count). The molecule has 0 spiro atoms. The number of likely N-dealkylation sites (N-methyl/N-ethyl adjacent to an activating group) is 1. The molecule has 220 valence electrons. The maximum atomic E-state index is 13.8. The highest BCUT2D eigenvalue weighted by atomic mass is 32.2. The number of fused-ring (bicyclic) bond motifs is 1. The Balaban J connectivity index is 1.17. The Morgan fingerprint density at radius 2 is 1.84 bits per heavy atom. The van der Waals surface area contributed by atoms with Crippen LogP contribution in [0.25, 0.3) is 11.0 Å². The maximum absolute atomic E-state index is 13.8. The van der Waals surface area contributed by atoms with Crippen molar-refractivity contribution in [2.45, 2.75) is 53.3 Å². The third kappa shape index (κ3) is 6.16. The minimum Gasteiger partial charge on any atom is -0.606 e. The summed E-state index contributed by atoms with van der Waals surface area (Å²) in [5, 5.41) is 7.74. The maximum Gasteiger partial charge on any atom is 0.256 e. The summed E-state index contributed by atoms with van der Waals surface area (Å²) in [6, 6.07) is 19.8. The molecule has 0 bridgehead atoms. The first kappa shape index (κ1) is 28.0. The predicted octanol–water partition coefficient (Wildman–Crippen LogP) is 5.59. The minimum absolute atomic E-state index is 0.0760. The van der Waals surface area contributed by atoms with E-state index in [0.717, 1.165) is 48.3 Å². The fourth-order valence-corrected chi connectivity index (χ4v) is 7.94. The van der Waals surface area contributed by atoms with E-state index >= 15 is 0 Å². The SMILES string of the molecule is CN1CCCC(Nc2ccc(Nc3ncc4cc(C5CC5)c(=O)n(Cc5ncsc5[S+]([O-])c5ccccc5)c4n3)cc2)C1. The molecule has 2 unspecified atom stereocenters. The van der Waals surface area contributed by atoms with E-state index in [1.165, 1.54) is 24.2 Å². The van der Waals surface area contributed by atoms with Crippen molar-refractivity contribution in [2.24, 2.45) is 0 Å². The zero-order valence-electron chi connectivity index (χ0n) is 23.9. The Labute approximate surface area is 257 Å². The summed E-state index contributed by atoms with van der Waals surface area (Å²) >= 11 is -0.0490. The molecule has 4 heterocycles. The quantitative estimate of drug-likeness (QED) is 0.208. The molecule has 5 aromatic rings. The van der Waals surface area contributed by atoms with E-state index in [9.17, 15) is 9.35 Å². The first-order valence-corrected chi connectivity index (χ1v) is 16.7. The van der Waals surface area contributed by atoms with Crippen LogP contribution in [0.2, 0.25) is 0 Å². The number of hydrogen-bond acceptors (Lipinski definition) is 9. The fraction of sp³-hybridized carbons (Fsp3) is 0.312. The van der Waals surface area contributed by atoms with Crippen LogP contribution in [0.1, 0.15) is 42.9 Å². The largest absolute Gasteiger partial charge is 0.606 e. The van der Waals surface area contributed by atoms with E-state index in [4.69, 9.17) is 4.98 Å². The number of aromatic nitrogens is 4. The lowest BCUT2D eigenvalue weighted by molar-refractivity contribution is 0.261. The standard InChI is InChI=1S/C32H33N7O2S2/c1-38-15-5-6-25(18-38)35-23-11-13-24(14-12-23)36-32-33-17-22-16-27(21-9-10-21)30(40)39(29(22)37-32)19-28-31(42-20-34-28)43(41)26-7-3-2-4-8-26/h2-4,7-8,11-14,16-17,20-21,25,35H,5-6,9-10,15,18-19H2,1H3,(H,33,36,37). The van der Waals surface area contributed by atoms with Crippen LogP contribution in [-0.2, 0) is 17.7 Å². The van der Waals surface area contributed by atoms with Crippen molar-refractivity contribution in [2.75, 3.05) is 30.8 Å². The third-order valence-corrected chi connectivity index (χ3v) is 10.7. The van der Waals surface area contributed by atoms with E-state index in [-0.39, 0.29) is 18.0 Å². The van der Waals surface area contributed by atoms with Gasteiger partial charge >= 0.3 is 0 Å². The molecule has 0 radical (unpaired) electrons. The average molecular weight is 612 g/mol. The summed E-state index contributed by atoms with van der Waals surface area (Å²) in [4.78, 5) is 30.8. The number of hydrogen-bond donors (Lipinski definition) is 2. The van der Waals surface area contributed by atoms with Crippen LogP contribution in [0, 0.1) is 0 Å². The molecule has 11 heteroatoms. The highest BCUT2D eigenvalue weighted by Crippen LogP contribution is 2.39. The predicted molar refractivity (Wildman–Crippen MR) is 172 cm³/mol. The van der Waals surface area contributed by atoms with Crippen molar-refractivity contribution in [3.8, 4) is 0 Å². The first-order chi connectivity index (χ1) is 21.0. The highest BCUT2D eigenvalue weighted by Gasteiger charge is 2.29. The van der Waals surface area contributed by atoms with Gasteiger partial charge in [-0.05, 0) is 87.7 Å². The summed E-state index contributed by atoms with van der Waals surface area (Å²) in [6.45, 7) is 2.38. The highest BCUT2D eigenvalue weighted by molar-refractivity contribution is 7.93. The Morgan fingerprint density at radius 1 is 1.05 bits per heavy atom. The number of benzene rings is 2. The molecule has 1 aliphatic carbocycles. The van der Waals surface area contributed by atoms with Gasteiger partial charge in [-0.2, -0.15) is 4.98 Å². The zero-order chi connectivity index (χ0) is 29.3. The van der Waals surface area contributed by atoms with Crippen LogP contribution < -0.4 is 16.2 Å². The number of likely N-dealkylation sites (tertiary alicyclic amines) is 1. The molecule has 1 aliphatic heterocycles. The number of thiazole rings is 1. The van der Waals surface area contributed by atoms with Crippen molar-refractivity contribution in [1.82, 2.24) is 24.4 Å². The second kappa shape index (κ2) is 12.1. The number of nitrogens with zero attached hydrogens (tertiary/aromatic N) is 5. The summed E-state index contributed by atoms with van der Waals surface area (Å²) in [5.41, 5.74) is 5.47. The Morgan fingerprint density at radius 3 is 2.60 bits per heavy atom. The van der Waals surface area contributed by atoms with Crippen molar-refractivity contribution in [3.63, 3.8) is 0 Å². The molecule has 9 nitrogen and oxygen atoms in total. The van der Waals surface area contributed by atoms with Crippen molar-refractivity contribution in [3.05, 3.63) is 94.0 Å². The fourth-order valence-electron chi connectivity index (χ4n) is 5.69. The molecule has 2 aromatic carbocycles. The van der Waals surface area contributed by atoms with Gasteiger partial charge in [0.1, 0.15) is 11.3 Å². The molecular weight excluding hydrogens is 579 g/mol. The van der Waals surface area contributed by atoms with Crippen LogP contribution in [0.4, 0.5) is 17.3 Å². The van der Waals surface area contributed by atoms with Gasteiger partial charge in [0, 0.05) is 52.3 Å². The minimum atomic E-state index is -1.39. The summed E-state index contributed by atoms with van der Waals surface area (Å²) in [5.74, 6) is 0.663. The molecular formula is C32H33N7O2S2. The molecule has 2 N–H and O–H groups in total. The van der Waals surface area contributed by atoms with Crippen LogP contribution in [0.15, 0.2) is 86.3 Å². The van der Waals surface area contributed by atoms with Gasteiger partial charge in [-0.25, -0.2) is 9.97 Å². The van der Waals surface area contributed by atoms with Gasteiger partial charge in [0.05, 0.1) is 12.1 Å². The van der Waals surface area contributed by atoms with Gasteiger partial charge < -0.3 is 20.1 Å². The Kier molecular flexibility index (Phi) is 7.87. The van der Waals surface area contributed by atoms with Crippen molar-refractivity contribution < 1.29 is 4.55 Å². The van der Waals surface area contributed by atoms with E-state index in [2.05, 4.69) is 44.7 Å². The third-order valence-electron chi connectivity index (χ3n) is 8.05. The molecule has 3 aromatic heterocycles. The zero-order valence-corrected chi connectivity index (χ0v) is 25.5. The topological polar surface area (TPSA) is 111 Å². The smallest absolute Gasteiger partial charge is 0.256 e. The molecule has 0 amide bonds. The van der Waals surface area contributed by atoms with Crippen LogP contribution in [0.3, 0.4) is 0 Å². The molecule has 2 atom stereocenters. The van der Waals surface area contributed by atoms with E-state index < -0.39 is 11.2 Å². The van der Waals surface area contributed by atoms with Crippen molar-refractivity contribution >= 4 is 50.9 Å². The molecule has 43 heavy (non-hydrogen) atoms. The van der Waals surface area contributed by atoms with Gasteiger partial charge in [0.15, 0.2) is 4.90 Å². The normalized spacial score (nSPS) is 18.0. The lowest BCUT2D eigenvalue weighted by Gasteiger charge is -2.30. The Hall–Kier alpha value is -3.77. The van der Waals surface area contributed by atoms with Crippen LogP contribution in [0.5, 0.6) is 0 Å². The van der Waals surface area contributed by atoms with Gasteiger partial charge in [0.25, 0.3) is 5.56 Å². The van der Waals surface area contributed by atoms with Gasteiger partial charge in [-0.3, -0.25) is 9.36 Å². The molecule has 2 fully saturated rings. The van der Waals surface area contributed by atoms with Crippen molar-refractivity contribution in [1.29, 1.82) is 0 Å². The van der Waals surface area contributed by atoms with Crippen LogP contribution in [-0.4, -0.2) is 55.2 Å². The van der Waals surface area contributed by atoms with Gasteiger partial charge in [0.2, 0.25) is 10.2 Å². The van der Waals surface area contributed by atoms with E-state index in [1.807, 2.05) is 48.5 Å². The molecule has 1 saturated heterocycles.